The Bertz CT molecular complexity index is 463. The Morgan fingerprint density at radius 1 is 1.50 bits per heavy atom. The molecule has 5 heteroatoms. The third kappa shape index (κ3) is 1.36. The summed E-state index contributed by atoms with van der Waals surface area (Å²) in [6, 6.07) is 0. The van der Waals surface area contributed by atoms with Crippen molar-refractivity contribution >= 4 is 22.6 Å². The normalized spacial score (nSPS) is 11.1. The number of rotatable bonds is 2. The Morgan fingerprint density at radius 2 is 2.29 bits per heavy atom. The number of nitrogens with zero attached hydrogens (tertiary/aromatic N) is 3. The van der Waals surface area contributed by atoms with Crippen LogP contribution in [-0.4, -0.2) is 21.8 Å². The van der Waals surface area contributed by atoms with Gasteiger partial charge in [0.05, 0.1) is 16.6 Å². The SMILES string of the molecule is CNCc1cnc2c(cnn2C)c1Cl. The molecule has 0 spiro atoms. The van der Waals surface area contributed by atoms with Gasteiger partial charge >= 0.3 is 0 Å². The molecular formula is C9H11ClN4. The van der Waals surface area contributed by atoms with Crippen LogP contribution >= 0.6 is 11.6 Å². The minimum absolute atomic E-state index is 0.719. The number of fused-ring (bicyclic) bond motifs is 1. The number of hydrogen-bond donors (Lipinski definition) is 1. The van der Waals surface area contributed by atoms with Crippen molar-refractivity contribution in [3.05, 3.63) is 23.0 Å². The highest BCUT2D eigenvalue weighted by Gasteiger charge is 2.08. The van der Waals surface area contributed by atoms with E-state index in [0.29, 0.717) is 0 Å². The van der Waals surface area contributed by atoms with Crippen LogP contribution in [0.5, 0.6) is 0 Å². The molecule has 2 aromatic rings. The van der Waals surface area contributed by atoms with Crippen LogP contribution in [0, 0.1) is 0 Å². The van der Waals surface area contributed by atoms with Gasteiger partial charge < -0.3 is 5.32 Å². The van der Waals surface area contributed by atoms with Crippen molar-refractivity contribution in [3.8, 4) is 0 Å². The van der Waals surface area contributed by atoms with Gasteiger partial charge in [0.25, 0.3) is 0 Å². The van der Waals surface area contributed by atoms with E-state index in [-0.39, 0.29) is 0 Å². The zero-order chi connectivity index (χ0) is 10.1. The Kier molecular flexibility index (Phi) is 2.39. The van der Waals surface area contributed by atoms with Crippen molar-refractivity contribution < 1.29 is 0 Å². The molecule has 0 unspecified atom stereocenters. The number of hydrogen-bond acceptors (Lipinski definition) is 3. The molecule has 0 saturated heterocycles. The Hall–Kier alpha value is -1.13. The molecule has 2 rings (SSSR count). The highest BCUT2D eigenvalue weighted by atomic mass is 35.5. The first kappa shape index (κ1) is 9.43. The van der Waals surface area contributed by atoms with Crippen molar-refractivity contribution in [2.24, 2.45) is 7.05 Å². The van der Waals surface area contributed by atoms with Crippen molar-refractivity contribution in [1.29, 1.82) is 0 Å². The van der Waals surface area contributed by atoms with Crippen LogP contribution in [0.15, 0.2) is 12.4 Å². The van der Waals surface area contributed by atoms with Crippen LogP contribution in [0.4, 0.5) is 0 Å². The Labute approximate surface area is 86.9 Å². The first-order valence-corrected chi connectivity index (χ1v) is 4.71. The molecule has 0 aliphatic rings. The molecule has 0 aromatic carbocycles. The van der Waals surface area contributed by atoms with E-state index < -0.39 is 0 Å². The van der Waals surface area contributed by atoms with E-state index in [1.165, 1.54) is 0 Å². The van der Waals surface area contributed by atoms with Gasteiger partial charge in [0, 0.05) is 25.4 Å². The van der Waals surface area contributed by atoms with E-state index in [0.717, 1.165) is 28.2 Å². The number of aromatic nitrogens is 3. The summed E-state index contributed by atoms with van der Waals surface area (Å²) in [5, 5.41) is 8.79. The second kappa shape index (κ2) is 3.55. The number of nitrogens with one attached hydrogen (secondary N) is 1. The van der Waals surface area contributed by atoms with Gasteiger partial charge in [-0.15, -0.1) is 0 Å². The summed E-state index contributed by atoms with van der Waals surface area (Å²) in [6.45, 7) is 0.719. The van der Waals surface area contributed by atoms with Gasteiger partial charge in [-0.1, -0.05) is 11.6 Å². The van der Waals surface area contributed by atoms with Crippen molar-refractivity contribution in [3.63, 3.8) is 0 Å². The quantitative estimate of drug-likeness (QED) is 0.814. The van der Waals surface area contributed by atoms with Gasteiger partial charge in [-0.3, -0.25) is 4.68 Å². The molecule has 1 N–H and O–H groups in total. The van der Waals surface area contributed by atoms with Gasteiger partial charge in [0.2, 0.25) is 0 Å². The maximum atomic E-state index is 6.20. The lowest BCUT2D eigenvalue weighted by Crippen LogP contribution is -2.06. The number of aryl methyl sites for hydroxylation is 1. The fourth-order valence-electron chi connectivity index (χ4n) is 1.42. The summed E-state index contributed by atoms with van der Waals surface area (Å²) < 4.78 is 1.71. The fraction of sp³-hybridized carbons (Fsp3) is 0.333. The third-order valence-electron chi connectivity index (χ3n) is 2.14. The van der Waals surface area contributed by atoms with Crippen LogP contribution in [0.2, 0.25) is 5.02 Å². The minimum Gasteiger partial charge on any atom is -0.316 e. The highest BCUT2D eigenvalue weighted by molar-refractivity contribution is 6.35. The smallest absolute Gasteiger partial charge is 0.158 e. The van der Waals surface area contributed by atoms with E-state index in [4.69, 9.17) is 11.6 Å². The van der Waals surface area contributed by atoms with E-state index in [1.54, 1.807) is 17.1 Å². The predicted molar refractivity (Wildman–Crippen MR) is 56.3 cm³/mol. The summed E-state index contributed by atoms with van der Waals surface area (Å²) in [5.74, 6) is 0. The Morgan fingerprint density at radius 3 is 3.00 bits per heavy atom. The zero-order valence-corrected chi connectivity index (χ0v) is 8.84. The predicted octanol–water partition coefficient (Wildman–Crippen LogP) is 1.34. The monoisotopic (exact) mass is 210 g/mol. The van der Waals surface area contributed by atoms with Crippen LogP contribution in [0.3, 0.4) is 0 Å². The molecule has 74 valence electrons. The van der Waals surface area contributed by atoms with Crippen molar-refractivity contribution in [2.75, 3.05) is 7.05 Å². The number of halogens is 1. The average molecular weight is 211 g/mol. The van der Waals surface area contributed by atoms with Crippen LogP contribution < -0.4 is 5.32 Å². The van der Waals surface area contributed by atoms with E-state index in [2.05, 4.69) is 15.4 Å². The maximum Gasteiger partial charge on any atom is 0.158 e. The van der Waals surface area contributed by atoms with E-state index >= 15 is 0 Å². The molecule has 0 saturated carbocycles. The number of pyridine rings is 1. The zero-order valence-electron chi connectivity index (χ0n) is 8.08. The second-order valence-electron chi connectivity index (χ2n) is 3.13. The fourth-order valence-corrected chi connectivity index (χ4v) is 1.67. The molecule has 4 nitrogen and oxygen atoms in total. The second-order valence-corrected chi connectivity index (χ2v) is 3.51. The van der Waals surface area contributed by atoms with Gasteiger partial charge in [0.15, 0.2) is 5.65 Å². The lowest BCUT2D eigenvalue weighted by Gasteiger charge is -2.03. The molecule has 0 amide bonds. The highest BCUT2D eigenvalue weighted by Crippen LogP contribution is 2.24. The first-order chi connectivity index (χ1) is 6.74. The third-order valence-corrected chi connectivity index (χ3v) is 2.58. The summed E-state index contributed by atoms with van der Waals surface area (Å²) in [4.78, 5) is 4.30. The molecule has 14 heavy (non-hydrogen) atoms. The van der Waals surface area contributed by atoms with E-state index in [9.17, 15) is 0 Å². The minimum atomic E-state index is 0.719. The summed E-state index contributed by atoms with van der Waals surface area (Å²) >= 11 is 6.20. The first-order valence-electron chi connectivity index (χ1n) is 4.33. The largest absolute Gasteiger partial charge is 0.316 e. The molecule has 0 aliphatic heterocycles. The molecule has 0 bridgehead atoms. The van der Waals surface area contributed by atoms with Gasteiger partial charge in [0.1, 0.15) is 0 Å². The summed E-state index contributed by atoms with van der Waals surface area (Å²) in [6.07, 6.45) is 3.52. The van der Waals surface area contributed by atoms with Crippen molar-refractivity contribution in [2.45, 2.75) is 6.54 Å². The molecule has 2 aromatic heterocycles. The van der Waals surface area contributed by atoms with Gasteiger partial charge in [-0.2, -0.15) is 5.10 Å². The van der Waals surface area contributed by atoms with Crippen molar-refractivity contribution in [1.82, 2.24) is 20.1 Å². The van der Waals surface area contributed by atoms with Gasteiger partial charge in [-0.05, 0) is 7.05 Å². The van der Waals surface area contributed by atoms with Gasteiger partial charge in [-0.25, -0.2) is 4.98 Å². The molecule has 0 radical (unpaired) electrons. The Balaban J connectivity index is 2.63. The lowest BCUT2D eigenvalue weighted by atomic mass is 10.2. The van der Waals surface area contributed by atoms with Crippen LogP contribution in [0.25, 0.3) is 11.0 Å². The topological polar surface area (TPSA) is 42.7 Å². The average Bonchev–Trinajstić information content (AvgIpc) is 2.54. The molecule has 0 fully saturated rings. The lowest BCUT2D eigenvalue weighted by molar-refractivity contribution is 0.783. The molecule has 0 atom stereocenters. The molecule has 2 heterocycles. The molecular weight excluding hydrogens is 200 g/mol. The summed E-state index contributed by atoms with van der Waals surface area (Å²) in [5.41, 5.74) is 1.81. The standard InChI is InChI=1S/C9H11ClN4/c1-11-3-6-4-12-9-7(8(6)10)5-13-14(9)2/h4-5,11H,3H2,1-2H3. The van der Waals surface area contributed by atoms with Crippen LogP contribution in [0.1, 0.15) is 5.56 Å². The summed E-state index contributed by atoms with van der Waals surface area (Å²) in [7, 11) is 3.73. The van der Waals surface area contributed by atoms with Crippen LogP contribution in [-0.2, 0) is 13.6 Å². The molecule has 0 aliphatic carbocycles. The van der Waals surface area contributed by atoms with E-state index in [1.807, 2.05) is 14.1 Å². The maximum absolute atomic E-state index is 6.20.